The molecule has 0 aliphatic heterocycles. The van der Waals surface area contributed by atoms with Gasteiger partial charge in [0.25, 0.3) is 0 Å². The van der Waals surface area contributed by atoms with Crippen LogP contribution in [0.2, 0.25) is 0 Å². The van der Waals surface area contributed by atoms with Crippen molar-refractivity contribution in [3.63, 3.8) is 0 Å². The zero-order valence-electron chi connectivity index (χ0n) is 17.7. The summed E-state index contributed by atoms with van der Waals surface area (Å²) in [5.41, 5.74) is -0.529. The van der Waals surface area contributed by atoms with Gasteiger partial charge in [-0.15, -0.1) is 0 Å². The Labute approximate surface area is 171 Å². The number of aliphatic carboxylic acids is 1. The normalized spacial score (nSPS) is 20.3. The van der Waals surface area contributed by atoms with Crippen LogP contribution in [0.5, 0.6) is 0 Å². The van der Waals surface area contributed by atoms with Gasteiger partial charge in [-0.05, 0) is 40.0 Å². The molecule has 8 heteroatoms. The Hall–Kier alpha value is -2.38. The Bertz CT molecular complexity index is 637. The maximum Gasteiger partial charge on any atom is 0.333 e. The van der Waals surface area contributed by atoms with Crippen LogP contribution in [0.4, 0.5) is 0 Å². The summed E-state index contributed by atoms with van der Waals surface area (Å²) in [6, 6.07) is 0. The van der Waals surface area contributed by atoms with Gasteiger partial charge >= 0.3 is 23.9 Å². The lowest BCUT2D eigenvalue weighted by Gasteiger charge is -2.29. The average Bonchev–Trinajstić information content (AvgIpc) is 2.68. The molecule has 3 unspecified atom stereocenters. The van der Waals surface area contributed by atoms with E-state index in [-0.39, 0.29) is 18.8 Å². The third-order valence-electron chi connectivity index (χ3n) is 5.25. The van der Waals surface area contributed by atoms with Crippen molar-refractivity contribution in [1.29, 1.82) is 0 Å². The van der Waals surface area contributed by atoms with Gasteiger partial charge in [-0.3, -0.25) is 14.4 Å². The van der Waals surface area contributed by atoms with Crippen molar-refractivity contribution in [2.45, 2.75) is 65.9 Å². The monoisotopic (exact) mass is 412 g/mol. The van der Waals surface area contributed by atoms with Crippen LogP contribution in [-0.4, -0.2) is 48.3 Å². The van der Waals surface area contributed by atoms with Crippen LogP contribution < -0.4 is 0 Å². The molecule has 0 bridgehead atoms. The molecule has 0 amide bonds. The third-order valence-corrected chi connectivity index (χ3v) is 5.25. The van der Waals surface area contributed by atoms with E-state index >= 15 is 0 Å². The summed E-state index contributed by atoms with van der Waals surface area (Å²) in [5, 5.41) is 9.37. The van der Waals surface area contributed by atoms with Crippen molar-refractivity contribution in [2.75, 3.05) is 13.2 Å². The molecule has 1 N–H and O–H groups in total. The molecule has 1 rings (SSSR count). The van der Waals surface area contributed by atoms with E-state index in [1.54, 1.807) is 13.8 Å². The van der Waals surface area contributed by atoms with Gasteiger partial charge in [0.2, 0.25) is 0 Å². The standard InChI is InChI=1S/C21H32O8/c1-6-21(4,5)20(26)28-12-14(11-27-18(24)13(2)3)29-19(25)16-10-8-7-9-15(16)17(22)23/h14-16H,2,6-12H2,1,3-5H3,(H,22,23). The van der Waals surface area contributed by atoms with Crippen molar-refractivity contribution >= 4 is 23.9 Å². The van der Waals surface area contributed by atoms with Gasteiger partial charge in [0.05, 0.1) is 17.3 Å². The molecule has 8 nitrogen and oxygen atoms in total. The molecule has 0 aromatic rings. The van der Waals surface area contributed by atoms with Gasteiger partial charge in [-0.25, -0.2) is 4.79 Å². The zero-order valence-corrected chi connectivity index (χ0v) is 17.7. The van der Waals surface area contributed by atoms with Crippen molar-refractivity contribution in [3.8, 4) is 0 Å². The van der Waals surface area contributed by atoms with Gasteiger partial charge in [0, 0.05) is 5.57 Å². The Kier molecular flexibility index (Phi) is 9.33. The van der Waals surface area contributed by atoms with E-state index in [4.69, 9.17) is 14.2 Å². The van der Waals surface area contributed by atoms with Crippen LogP contribution in [0.1, 0.15) is 59.8 Å². The summed E-state index contributed by atoms with van der Waals surface area (Å²) in [7, 11) is 0. The number of carbonyl (C=O) groups excluding carboxylic acids is 3. The van der Waals surface area contributed by atoms with Gasteiger partial charge < -0.3 is 19.3 Å². The molecule has 0 radical (unpaired) electrons. The first-order valence-corrected chi connectivity index (χ1v) is 9.92. The van der Waals surface area contributed by atoms with E-state index in [2.05, 4.69) is 6.58 Å². The van der Waals surface area contributed by atoms with Crippen molar-refractivity contribution < 1.29 is 38.5 Å². The lowest BCUT2D eigenvalue weighted by molar-refractivity contribution is -0.175. The van der Waals surface area contributed by atoms with Crippen LogP contribution in [0, 0.1) is 17.3 Å². The molecule has 0 aromatic carbocycles. The first-order valence-electron chi connectivity index (χ1n) is 9.92. The topological polar surface area (TPSA) is 116 Å². The molecule has 0 saturated heterocycles. The van der Waals surface area contributed by atoms with E-state index in [0.717, 1.165) is 12.8 Å². The van der Waals surface area contributed by atoms with E-state index in [1.165, 1.54) is 6.92 Å². The fourth-order valence-electron chi connectivity index (χ4n) is 2.88. The Morgan fingerprint density at radius 1 is 1.07 bits per heavy atom. The van der Waals surface area contributed by atoms with Crippen molar-refractivity contribution in [2.24, 2.45) is 17.3 Å². The lowest BCUT2D eigenvalue weighted by atomic mass is 9.79. The van der Waals surface area contributed by atoms with Gasteiger partial charge in [-0.1, -0.05) is 26.3 Å². The number of carboxylic acids is 1. The van der Waals surface area contributed by atoms with Crippen LogP contribution in [0.15, 0.2) is 12.2 Å². The summed E-state index contributed by atoms with van der Waals surface area (Å²) in [4.78, 5) is 47.9. The van der Waals surface area contributed by atoms with Gasteiger partial charge in [0.1, 0.15) is 13.2 Å². The summed E-state index contributed by atoms with van der Waals surface area (Å²) in [5.74, 6) is -4.42. The van der Waals surface area contributed by atoms with E-state index in [0.29, 0.717) is 19.3 Å². The minimum Gasteiger partial charge on any atom is -0.481 e. The minimum absolute atomic E-state index is 0.178. The highest BCUT2D eigenvalue weighted by Crippen LogP contribution is 2.31. The first-order chi connectivity index (χ1) is 13.5. The molecule has 0 aromatic heterocycles. The number of esters is 3. The molecule has 3 atom stereocenters. The summed E-state index contributed by atoms with van der Waals surface area (Å²) >= 11 is 0. The molecule has 164 valence electrons. The SMILES string of the molecule is C=C(C)C(=O)OCC(COC(=O)C(C)(C)CC)OC(=O)C1CCCCC1C(=O)O. The second-order valence-electron chi connectivity index (χ2n) is 8.11. The van der Waals surface area contributed by atoms with Crippen LogP contribution in [0.3, 0.4) is 0 Å². The van der Waals surface area contributed by atoms with E-state index in [1.807, 2.05) is 6.92 Å². The van der Waals surface area contributed by atoms with Crippen LogP contribution in [0.25, 0.3) is 0 Å². The lowest BCUT2D eigenvalue weighted by Crippen LogP contribution is -2.39. The maximum absolute atomic E-state index is 12.6. The average molecular weight is 412 g/mol. The smallest absolute Gasteiger partial charge is 0.333 e. The fourth-order valence-corrected chi connectivity index (χ4v) is 2.88. The van der Waals surface area contributed by atoms with Crippen LogP contribution >= 0.6 is 0 Å². The summed E-state index contributed by atoms with van der Waals surface area (Å²) in [6.07, 6.45) is 1.83. The number of ether oxygens (including phenoxy) is 3. The molecule has 1 aliphatic rings. The van der Waals surface area contributed by atoms with Crippen LogP contribution in [-0.2, 0) is 33.4 Å². The highest BCUT2D eigenvalue weighted by atomic mass is 16.6. The largest absolute Gasteiger partial charge is 0.481 e. The number of hydrogen-bond donors (Lipinski definition) is 1. The highest BCUT2D eigenvalue weighted by Gasteiger charge is 2.38. The minimum atomic E-state index is -1.03. The third kappa shape index (κ3) is 7.51. The molecule has 1 saturated carbocycles. The predicted octanol–water partition coefficient (Wildman–Crippen LogP) is 2.89. The summed E-state index contributed by atoms with van der Waals surface area (Å²) in [6.45, 7) is 9.67. The number of carbonyl (C=O) groups is 4. The fraction of sp³-hybridized carbons (Fsp3) is 0.714. The Balaban J connectivity index is 2.82. The number of hydrogen-bond acceptors (Lipinski definition) is 7. The molecular weight excluding hydrogens is 380 g/mol. The molecule has 29 heavy (non-hydrogen) atoms. The summed E-state index contributed by atoms with van der Waals surface area (Å²) < 4.78 is 15.7. The first kappa shape index (κ1) is 24.7. The number of carboxylic acid groups (broad SMARTS) is 1. The predicted molar refractivity (Wildman–Crippen MR) is 104 cm³/mol. The Morgan fingerprint density at radius 2 is 1.62 bits per heavy atom. The second kappa shape index (κ2) is 11.0. The zero-order chi connectivity index (χ0) is 22.2. The Morgan fingerprint density at radius 3 is 2.14 bits per heavy atom. The van der Waals surface area contributed by atoms with E-state index in [9.17, 15) is 24.3 Å². The molecule has 1 fully saturated rings. The van der Waals surface area contributed by atoms with Gasteiger partial charge in [-0.2, -0.15) is 0 Å². The highest BCUT2D eigenvalue weighted by molar-refractivity contribution is 5.87. The number of rotatable bonds is 10. The maximum atomic E-state index is 12.6. The quantitative estimate of drug-likeness (QED) is 0.331. The molecular formula is C21H32O8. The molecule has 1 aliphatic carbocycles. The second-order valence-corrected chi connectivity index (χ2v) is 8.11. The van der Waals surface area contributed by atoms with E-state index < -0.39 is 47.2 Å². The van der Waals surface area contributed by atoms with Crippen molar-refractivity contribution in [3.05, 3.63) is 12.2 Å². The van der Waals surface area contributed by atoms with Crippen molar-refractivity contribution in [1.82, 2.24) is 0 Å². The molecule has 0 spiro atoms. The molecule has 0 heterocycles. The van der Waals surface area contributed by atoms with Gasteiger partial charge in [0.15, 0.2) is 6.10 Å².